The van der Waals surface area contributed by atoms with Gasteiger partial charge in [0.25, 0.3) is 10.0 Å². The Kier molecular flexibility index (Phi) is 3.20. The fraction of sp³-hybridized carbons (Fsp3) is 0. The average Bonchev–Trinajstić information content (AvgIpc) is 2.66. The summed E-state index contributed by atoms with van der Waals surface area (Å²) in [5.74, 6) is 0.241. The monoisotopic (exact) mass is 326 g/mol. The lowest BCUT2D eigenvalue weighted by Crippen LogP contribution is -2.11. The Morgan fingerprint density at radius 3 is 2.60 bits per heavy atom. The number of amidine groups is 1. The molecule has 3 rings (SSSR count). The van der Waals surface area contributed by atoms with Crippen LogP contribution in [0, 0.1) is 0 Å². The maximum Gasteiger partial charge on any atom is 0.285 e. The molecular formula is C13H8Cl2N2O2S. The second-order valence-electron chi connectivity index (χ2n) is 4.16. The Balaban J connectivity index is 2.07. The summed E-state index contributed by atoms with van der Waals surface area (Å²) >= 11 is 11.9. The summed E-state index contributed by atoms with van der Waals surface area (Å²) in [6, 6.07) is 11.5. The predicted molar refractivity (Wildman–Crippen MR) is 80.2 cm³/mol. The fourth-order valence-corrected chi connectivity index (χ4v) is 3.43. The quantitative estimate of drug-likeness (QED) is 0.871. The summed E-state index contributed by atoms with van der Waals surface area (Å²) in [5, 5.41) is 3.84. The van der Waals surface area contributed by atoms with Crippen molar-refractivity contribution in [2.75, 3.05) is 5.32 Å². The number of hydrogen-bond donors (Lipinski definition) is 1. The fourth-order valence-electron chi connectivity index (χ4n) is 1.92. The smallest absolute Gasteiger partial charge is 0.285 e. The summed E-state index contributed by atoms with van der Waals surface area (Å²) in [7, 11) is -3.65. The first-order valence-corrected chi connectivity index (χ1v) is 7.83. The molecule has 0 unspecified atom stereocenters. The van der Waals surface area contributed by atoms with Crippen LogP contribution in [0.3, 0.4) is 0 Å². The highest BCUT2D eigenvalue weighted by atomic mass is 35.5. The van der Waals surface area contributed by atoms with E-state index in [1.54, 1.807) is 36.4 Å². The number of fused-ring (bicyclic) bond motifs is 1. The minimum absolute atomic E-state index is 0.181. The van der Waals surface area contributed by atoms with Gasteiger partial charge < -0.3 is 5.32 Å². The number of hydrogen-bond acceptors (Lipinski definition) is 3. The van der Waals surface area contributed by atoms with Gasteiger partial charge in [-0.3, -0.25) is 0 Å². The first kappa shape index (κ1) is 13.4. The molecule has 0 aromatic heterocycles. The molecule has 0 amide bonds. The van der Waals surface area contributed by atoms with Crippen molar-refractivity contribution in [1.82, 2.24) is 0 Å². The van der Waals surface area contributed by atoms with E-state index in [2.05, 4.69) is 9.71 Å². The number of benzene rings is 2. The molecule has 7 heteroatoms. The second kappa shape index (κ2) is 4.77. The lowest BCUT2D eigenvalue weighted by molar-refractivity contribution is 0.599. The molecule has 0 radical (unpaired) electrons. The molecule has 1 N–H and O–H groups in total. The molecule has 0 aliphatic carbocycles. The second-order valence-corrected chi connectivity index (χ2v) is 6.58. The first-order chi connectivity index (χ1) is 9.47. The van der Waals surface area contributed by atoms with Crippen molar-refractivity contribution in [1.29, 1.82) is 0 Å². The van der Waals surface area contributed by atoms with Crippen molar-refractivity contribution in [3.05, 3.63) is 58.1 Å². The molecule has 0 spiro atoms. The van der Waals surface area contributed by atoms with Crippen molar-refractivity contribution < 1.29 is 8.42 Å². The van der Waals surface area contributed by atoms with Crippen molar-refractivity contribution >= 4 is 44.7 Å². The number of anilines is 1. The van der Waals surface area contributed by atoms with Crippen molar-refractivity contribution in [3.63, 3.8) is 0 Å². The maximum absolute atomic E-state index is 11.9. The van der Waals surface area contributed by atoms with Crippen LogP contribution in [0.1, 0.15) is 5.56 Å². The number of nitrogens with zero attached hydrogens (tertiary/aromatic N) is 1. The van der Waals surface area contributed by atoms with E-state index in [0.29, 0.717) is 21.3 Å². The van der Waals surface area contributed by atoms with Gasteiger partial charge in [0.1, 0.15) is 4.90 Å². The molecule has 0 atom stereocenters. The first-order valence-electron chi connectivity index (χ1n) is 5.64. The molecular weight excluding hydrogens is 319 g/mol. The molecule has 0 bridgehead atoms. The molecule has 0 saturated carbocycles. The van der Waals surface area contributed by atoms with Crippen molar-refractivity contribution in [2.24, 2.45) is 4.40 Å². The third kappa shape index (κ3) is 2.28. The highest BCUT2D eigenvalue weighted by Crippen LogP contribution is 2.30. The third-order valence-electron chi connectivity index (χ3n) is 2.81. The molecule has 2 aromatic rings. The summed E-state index contributed by atoms with van der Waals surface area (Å²) in [6.45, 7) is 0. The van der Waals surface area contributed by atoms with E-state index in [0.717, 1.165) is 0 Å². The number of sulfonamides is 1. The molecule has 0 fully saturated rings. The number of rotatable bonds is 1. The van der Waals surface area contributed by atoms with Gasteiger partial charge in [-0.2, -0.15) is 8.42 Å². The van der Waals surface area contributed by atoms with E-state index in [1.165, 1.54) is 6.07 Å². The zero-order valence-electron chi connectivity index (χ0n) is 9.97. The van der Waals surface area contributed by atoms with Gasteiger partial charge in [0.05, 0.1) is 10.7 Å². The summed E-state index contributed by atoms with van der Waals surface area (Å²) in [6.07, 6.45) is 0. The summed E-state index contributed by atoms with van der Waals surface area (Å²) in [5.41, 5.74) is 1.02. The van der Waals surface area contributed by atoms with Gasteiger partial charge in [0, 0.05) is 10.6 Å². The van der Waals surface area contributed by atoms with E-state index in [9.17, 15) is 8.42 Å². The van der Waals surface area contributed by atoms with E-state index >= 15 is 0 Å². The molecule has 4 nitrogen and oxygen atoms in total. The van der Waals surface area contributed by atoms with E-state index in [4.69, 9.17) is 23.2 Å². The van der Waals surface area contributed by atoms with Crippen LogP contribution in [-0.4, -0.2) is 14.3 Å². The third-order valence-corrected chi connectivity index (χ3v) is 4.71. The lowest BCUT2D eigenvalue weighted by atomic mass is 10.2. The lowest BCUT2D eigenvalue weighted by Gasteiger charge is -2.08. The number of halogens is 2. The van der Waals surface area contributed by atoms with Crippen LogP contribution in [0.4, 0.5) is 5.69 Å². The van der Waals surface area contributed by atoms with E-state index in [1.807, 2.05) is 0 Å². The van der Waals surface area contributed by atoms with Gasteiger partial charge in [-0.1, -0.05) is 35.3 Å². The molecule has 2 aromatic carbocycles. The van der Waals surface area contributed by atoms with E-state index < -0.39 is 10.0 Å². The highest BCUT2D eigenvalue weighted by molar-refractivity contribution is 7.90. The summed E-state index contributed by atoms with van der Waals surface area (Å²) < 4.78 is 27.6. The Hall–Kier alpha value is -1.56. The van der Waals surface area contributed by atoms with Crippen LogP contribution in [0.5, 0.6) is 0 Å². The Labute approximate surface area is 126 Å². The van der Waals surface area contributed by atoms with Crippen LogP contribution in [0.2, 0.25) is 10.0 Å². The molecule has 20 heavy (non-hydrogen) atoms. The topological polar surface area (TPSA) is 58.5 Å². The zero-order valence-corrected chi connectivity index (χ0v) is 12.3. The molecule has 1 heterocycles. The largest absolute Gasteiger partial charge is 0.338 e. The maximum atomic E-state index is 11.9. The van der Waals surface area contributed by atoms with Crippen LogP contribution in [0.15, 0.2) is 51.8 Å². The molecule has 102 valence electrons. The molecule has 1 aliphatic rings. The van der Waals surface area contributed by atoms with Gasteiger partial charge in [0.2, 0.25) is 0 Å². The molecule has 1 aliphatic heterocycles. The average molecular weight is 327 g/mol. The minimum atomic E-state index is -3.65. The van der Waals surface area contributed by atoms with Gasteiger partial charge in [-0.05, 0) is 30.3 Å². The minimum Gasteiger partial charge on any atom is -0.338 e. The predicted octanol–water partition coefficient (Wildman–Crippen LogP) is 3.55. The van der Waals surface area contributed by atoms with E-state index in [-0.39, 0.29) is 10.7 Å². The van der Waals surface area contributed by atoms with Gasteiger partial charge in [-0.25, -0.2) is 0 Å². The van der Waals surface area contributed by atoms with Gasteiger partial charge >= 0.3 is 0 Å². The standard InChI is InChI=1S/C13H8Cl2N2O2S/c14-8-5-6-10(15)11(7-8)16-13-9-3-1-2-4-12(9)20(18,19)17-13/h1-7H,(H,16,17). The number of nitrogens with one attached hydrogen (secondary N) is 1. The normalized spacial score (nSPS) is 15.6. The van der Waals surface area contributed by atoms with Crippen molar-refractivity contribution in [2.45, 2.75) is 4.90 Å². The Bertz CT molecular complexity index is 832. The van der Waals surface area contributed by atoms with Crippen LogP contribution in [-0.2, 0) is 10.0 Å². The van der Waals surface area contributed by atoms with Gasteiger partial charge in [0.15, 0.2) is 5.84 Å². The summed E-state index contributed by atoms with van der Waals surface area (Å²) in [4.78, 5) is 0.181. The Morgan fingerprint density at radius 1 is 1.05 bits per heavy atom. The van der Waals surface area contributed by atoms with Crippen LogP contribution >= 0.6 is 23.2 Å². The van der Waals surface area contributed by atoms with Crippen LogP contribution in [0.25, 0.3) is 0 Å². The zero-order chi connectivity index (χ0) is 14.3. The van der Waals surface area contributed by atoms with Gasteiger partial charge in [-0.15, -0.1) is 4.40 Å². The SMILES string of the molecule is O=S1(=O)N=C(Nc2cc(Cl)ccc2Cl)c2ccccc21. The van der Waals surface area contributed by atoms with Crippen LogP contribution < -0.4 is 5.32 Å². The highest BCUT2D eigenvalue weighted by Gasteiger charge is 2.28. The van der Waals surface area contributed by atoms with Crippen molar-refractivity contribution in [3.8, 4) is 0 Å². The molecule has 0 saturated heterocycles. The Morgan fingerprint density at radius 2 is 1.80 bits per heavy atom.